The Morgan fingerprint density at radius 1 is 1.04 bits per heavy atom. The number of rotatable bonds is 8. The Balaban J connectivity index is 1.93. The van der Waals surface area contributed by atoms with Crippen molar-refractivity contribution in [1.82, 2.24) is 0 Å². The number of hydrogen-bond acceptors (Lipinski definition) is 3. The maximum absolute atomic E-state index is 12.2. The number of phenols is 1. The Hall–Kier alpha value is -2.29. The molecular weight excluding hydrogens is 288 g/mol. The van der Waals surface area contributed by atoms with Crippen LogP contribution in [-0.2, 0) is 22.4 Å². The second-order valence-electron chi connectivity index (χ2n) is 5.70. The summed E-state index contributed by atoms with van der Waals surface area (Å²) < 4.78 is 5.21. The summed E-state index contributed by atoms with van der Waals surface area (Å²) in [7, 11) is 0. The zero-order valence-corrected chi connectivity index (χ0v) is 13.6. The van der Waals surface area contributed by atoms with Crippen molar-refractivity contribution in [3.63, 3.8) is 0 Å². The number of benzene rings is 2. The molecule has 2 aromatic carbocycles. The van der Waals surface area contributed by atoms with E-state index in [1.807, 2.05) is 37.3 Å². The van der Waals surface area contributed by atoms with Crippen LogP contribution in [0.5, 0.6) is 5.75 Å². The molecule has 0 fully saturated rings. The second kappa shape index (κ2) is 8.99. The van der Waals surface area contributed by atoms with E-state index < -0.39 is 0 Å². The normalized spacial score (nSPS) is 11.9. The molecule has 1 unspecified atom stereocenters. The number of esters is 1. The van der Waals surface area contributed by atoms with Crippen LogP contribution in [0.3, 0.4) is 0 Å². The summed E-state index contributed by atoms with van der Waals surface area (Å²) in [5.74, 6) is -0.0256. The summed E-state index contributed by atoms with van der Waals surface area (Å²) in [5.41, 5.74) is 2.33. The molecule has 122 valence electrons. The molecule has 23 heavy (non-hydrogen) atoms. The lowest BCUT2D eigenvalue weighted by atomic mass is 9.93. The van der Waals surface area contributed by atoms with E-state index in [4.69, 9.17) is 4.74 Å². The maximum atomic E-state index is 12.2. The topological polar surface area (TPSA) is 46.5 Å². The molecule has 0 aromatic heterocycles. The lowest BCUT2D eigenvalue weighted by Gasteiger charge is -2.16. The van der Waals surface area contributed by atoms with Gasteiger partial charge in [-0.05, 0) is 55.9 Å². The molecule has 2 aromatic rings. The van der Waals surface area contributed by atoms with Gasteiger partial charge in [0.2, 0.25) is 0 Å². The summed E-state index contributed by atoms with van der Waals surface area (Å²) in [5, 5.41) is 9.36. The van der Waals surface area contributed by atoms with E-state index in [0.29, 0.717) is 13.0 Å². The van der Waals surface area contributed by atoms with Gasteiger partial charge in [0.1, 0.15) is 5.75 Å². The van der Waals surface area contributed by atoms with Crippen LogP contribution in [0.25, 0.3) is 0 Å². The molecule has 0 bridgehead atoms. The molecule has 0 radical (unpaired) electrons. The van der Waals surface area contributed by atoms with E-state index in [0.717, 1.165) is 24.8 Å². The minimum Gasteiger partial charge on any atom is -0.508 e. The van der Waals surface area contributed by atoms with E-state index >= 15 is 0 Å². The van der Waals surface area contributed by atoms with Crippen LogP contribution in [0.1, 0.15) is 30.9 Å². The minimum absolute atomic E-state index is 0.131. The van der Waals surface area contributed by atoms with Gasteiger partial charge in [-0.3, -0.25) is 4.79 Å². The smallest absolute Gasteiger partial charge is 0.309 e. The summed E-state index contributed by atoms with van der Waals surface area (Å²) in [6.45, 7) is 2.24. The van der Waals surface area contributed by atoms with Gasteiger partial charge in [-0.25, -0.2) is 0 Å². The Morgan fingerprint density at radius 3 is 2.39 bits per heavy atom. The van der Waals surface area contributed by atoms with Crippen LogP contribution >= 0.6 is 0 Å². The van der Waals surface area contributed by atoms with Crippen molar-refractivity contribution in [3.8, 4) is 5.75 Å². The van der Waals surface area contributed by atoms with E-state index in [9.17, 15) is 9.90 Å². The van der Waals surface area contributed by atoms with Crippen LogP contribution in [-0.4, -0.2) is 17.7 Å². The molecule has 1 N–H and O–H groups in total. The Bertz CT molecular complexity index is 590. The van der Waals surface area contributed by atoms with Gasteiger partial charge in [-0.15, -0.1) is 0 Å². The van der Waals surface area contributed by atoms with E-state index in [-0.39, 0.29) is 17.6 Å². The zero-order valence-electron chi connectivity index (χ0n) is 13.6. The largest absolute Gasteiger partial charge is 0.508 e. The number of carbonyl (C=O) groups is 1. The molecule has 0 amide bonds. The van der Waals surface area contributed by atoms with Crippen LogP contribution in [0, 0.1) is 5.92 Å². The van der Waals surface area contributed by atoms with Gasteiger partial charge in [0, 0.05) is 0 Å². The van der Waals surface area contributed by atoms with E-state index in [1.54, 1.807) is 12.1 Å². The van der Waals surface area contributed by atoms with Crippen molar-refractivity contribution in [2.24, 2.45) is 5.92 Å². The highest BCUT2D eigenvalue weighted by Gasteiger charge is 2.20. The second-order valence-corrected chi connectivity index (χ2v) is 5.70. The number of ether oxygens (including phenoxy) is 1. The summed E-state index contributed by atoms with van der Waals surface area (Å²) in [6.07, 6.45) is 3.36. The molecular formula is C20H24O3. The molecule has 0 aliphatic heterocycles. The highest BCUT2D eigenvalue weighted by Crippen LogP contribution is 2.19. The molecule has 3 heteroatoms. The highest BCUT2D eigenvalue weighted by atomic mass is 16.5. The van der Waals surface area contributed by atoms with Gasteiger partial charge in [-0.2, -0.15) is 0 Å². The lowest BCUT2D eigenvalue weighted by molar-refractivity contribution is -0.148. The van der Waals surface area contributed by atoms with Crippen LogP contribution < -0.4 is 0 Å². The van der Waals surface area contributed by atoms with Gasteiger partial charge >= 0.3 is 5.97 Å². The average molecular weight is 312 g/mol. The van der Waals surface area contributed by atoms with Crippen LogP contribution in [0.2, 0.25) is 0 Å². The van der Waals surface area contributed by atoms with Crippen molar-refractivity contribution in [1.29, 1.82) is 0 Å². The fourth-order valence-electron chi connectivity index (χ4n) is 2.68. The van der Waals surface area contributed by atoms with Gasteiger partial charge in [0.05, 0.1) is 12.5 Å². The molecule has 0 spiro atoms. The number of aromatic hydroxyl groups is 1. The van der Waals surface area contributed by atoms with Crippen molar-refractivity contribution in [2.45, 2.75) is 32.6 Å². The van der Waals surface area contributed by atoms with Gasteiger partial charge < -0.3 is 9.84 Å². The van der Waals surface area contributed by atoms with Gasteiger partial charge in [-0.1, -0.05) is 42.5 Å². The SMILES string of the molecule is CCOC(=O)C(CCCc1ccccc1)Cc1ccc(O)cc1. The minimum atomic E-state index is -0.136. The van der Waals surface area contributed by atoms with Crippen molar-refractivity contribution >= 4 is 5.97 Å². The fourth-order valence-corrected chi connectivity index (χ4v) is 2.68. The van der Waals surface area contributed by atoms with Crippen molar-refractivity contribution in [3.05, 3.63) is 65.7 Å². The standard InChI is InChI=1S/C20H24O3/c1-2-23-20(22)18(15-17-11-13-19(21)14-12-17)10-6-9-16-7-4-3-5-8-16/h3-5,7-8,11-14,18,21H,2,6,9-10,15H2,1H3. The molecule has 2 rings (SSSR count). The summed E-state index contributed by atoms with van der Waals surface area (Å²) in [6, 6.07) is 17.3. The predicted molar refractivity (Wildman–Crippen MR) is 91.3 cm³/mol. The van der Waals surface area contributed by atoms with Gasteiger partial charge in [0.25, 0.3) is 0 Å². The summed E-state index contributed by atoms with van der Waals surface area (Å²) in [4.78, 5) is 12.2. The third kappa shape index (κ3) is 5.78. The number of hydrogen-bond donors (Lipinski definition) is 1. The average Bonchev–Trinajstić information content (AvgIpc) is 2.57. The number of carbonyl (C=O) groups excluding carboxylic acids is 1. The first-order valence-electron chi connectivity index (χ1n) is 8.17. The summed E-state index contributed by atoms with van der Waals surface area (Å²) >= 11 is 0. The molecule has 0 heterocycles. The molecule has 0 saturated heterocycles. The lowest BCUT2D eigenvalue weighted by Crippen LogP contribution is -2.20. The highest BCUT2D eigenvalue weighted by molar-refractivity contribution is 5.72. The van der Waals surface area contributed by atoms with Crippen molar-refractivity contribution in [2.75, 3.05) is 6.61 Å². The fraction of sp³-hybridized carbons (Fsp3) is 0.350. The maximum Gasteiger partial charge on any atom is 0.309 e. The zero-order chi connectivity index (χ0) is 16.5. The Morgan fingerprint density at radius 2 is 1.74 bits per heavy atom. The first kappa shape index (κ1) is 17.1. The Labute approximate surface area is 137 Å². The number of phenolic OH excluding ortho intramolecular Hbond substituents is 1. The van der Waals surface area contributed by atoms with Gasteiger partial charge in [0.15, 0.2) is 0 Å². The van der Waals surface area contributed by atoms with E-state index in [1.165, 1.54) is 5.56 Å². The monoisotopic (exact) mass is 312 g/mol. The molecule has 3 nitrogen and oxygen atoms in total. The first-order valence-corrected chi connectivity index (χ1v) is 8.17. The quantitative estimate of drug-likeness (QED) is 0.745. The third-order valence-electron chi connectivity index (χ3n) is 3.90. The number of aryl methyl sites for hydroxylation is 1. The van der Waals surface area contributed by atoms with E-state index in [2.05, 4.69) is 12.1 Å². The molecule has 1 atom stereocenters. The van der Waals surface area contributed by atoms with Crippen LogP contribution in [0.15, 0.2) is 54.6 Å². The van der Waals surface area contributed by atoms with Crippen LogP contribution in [0.4, 0.5) is 0 Å². The predicted octanol–water partition coefficient (Wildman–Crippen LogP) is 4.14. The molecule has 0 saturated carbocycles. The Kier molecular flexibility index (Phi) is 6.67. The molecule has 0 aliphatic rings. The first-order chi connectivity index (χ1) is 11.2. The third-order valence-corrected chi connectivity index (χ3v) is 3.90. The molecule has 0 aliphatic carbocycles. The van der Waals surface area contributed by atoms with Crippen molar-refractivity contribution < 1.29 is 14.6 Å².